The second-order valence-corrected chi connectivity index (χ2v) is 19.1. The van der Waals surface area contributed by atoms with Gasteiger partial charge in [0.05, 0.1) is 28.0 Å². The molecule has 0 aliphatic carbocycles. The fourth-order valence-corrected chi connectivity index (χ4v) is 10.3. The maximum Gasteiger partial charge on any atom is 0.149 e. The molecular formula is C69H51N3O. The third-order valence-electron chi connectivity index (χ3n) is 14.3. The predicted octanol–water partition coefficient (Wildman–Crippen LogP) is 17.8. The van der Waals surface area contributed by atoms with E-state index in [-0.39, 0.29) is 11.2 Å². The first-order chi connectivity index (χ1) is 35.9. The number of aromatic hydroxyl groups is 1. The number of fused-ring (bicyclic) bond motifs is 1. The molecule has 1 N–H and O–H groups in total. The highest BCUT2D eigenvalue weighted by Crippen LogP contribution is 2.46. The largest absolute Gasteiger partial charge is 0.507 e. The molecule has 0 saturated heterocycles. The van der Waals surface area contributed by atoms with E-state index >= 15 is 0 Å². The van der Waals surface area contributed by atoms with Crippen LogP contribution in [0.4, 0.5) is 0 Å². The topological polar surface area (TPSA) is 50.9 Å². The molecule has 4 nitrogen and oxygen atoms in total. The maximum atomic E-state index is 12.7. The first-order valence-corrected chi connectivity index (χ1v) is 24.9. The van der Waals surface area contributed by atoms with E-state index in [2.05, 4.69) is 237 Å². The second kappa shape index (κ2) is 19.1. The van der Waals surface area contributed by atoms with Crippen LogP contribution >= 0.6 is 0 Å². The number of aromatic nitrogens is 3. The Morgan fingerprint density at radius 1 is 0.356 bits per heavy atom. The molecular weight excluding hydrogens is 887 g/mol. The molecule has 4 heteroatoms. The number of phenolic OH excluding ortho intramolecular Hbond substituents is 1. The highest BCUT2D eigenvalue weighted by atomic mass is 16.3. The van der Waals surface area contributed by atoms with Crippen LogP contribution in [-0.4, -0.2) is 19.6 Å². The van der Waals surface area contributed by atoms with Crippen LogP contribution in [0, 0.1) is 0 Å². The number of para-hydroxylation sites is 2. The lowest BCUT2D eigenvalue weighted by Crippen LogP contribution is -2.18. The maximum absolute atomic E-state index is 12.7. The standard InChI is InChI=1S/C69H51N3O/c1-69(2,57-29-16-7-17-30-57)58-37-35-49(36-38-58)52-39-40-70-63(46-52)56-42-53(47-21-8-3-9-22-47)41-55(43-56)60-32-20-34-65-66(60)71-68(72(65)64-33-19-18-31-59(64)50-25-12-5-13-26-50)62-45-54(48-23-10-4-11-24-48)44-61(67(62)73)51-27-14-6-15-28-51/h3-46,73H,1-2H3. The minimum Gasteiger partial charge on any atom is -0.507 e. The second-order valence-electron chi connectivity index (χ2n) is 19.1. The summed E-state index contributed by atoms with van der Waals surface area (Å²) in [6.07, 6.45) is 1.92. The van der Waals surface area contributed by atoms with Crippen LogP contribution in [0.25, 0.3) is 106 Å². The molecule has 348 valence electrons. The van der Waals surface area contributed by atoms with Crippen molar-refractivity contribution in [2.24, 2.45) is 0 Å². The Morgan fingerprint density at radius 2 is 0.849 bits per heavy atom. The highest BCUT2D eigenvalue weighted by Gasteiger charge is 2.26. The van der Waals surface area contributed by atoms with Gasteiger partial charge in [0.2, 0.25) is 0 Å². The molecule has 73 heavy (non-hydrogen) atoms. The fraction of sp³-hybridized carbons (Fsp3) is 0.0435. The SMILES string of the molecule is CC(C)(c1ccccc1)c1ccc(-c2ccnc(-c3cc(-c4ccccc4)cc(-c4cccc5c4nc(-c4cc(-c6ccccc6)cc(-c6ccccc6)c4O)n5-c4ccccc4-c4ccccc4)c3)c2)cc1. The van der Waals surface area contributed by atoms with Crippen molar-refractivity contribution in [2.45, 2.75) is 19.3 Å². The summed E-state index contributed by atoms with van der Waals surface area (Å²) in [5.74, 6) is 0.792. The van der Waals surface area contributed by atoms with Crippen molar-refractivity contribution in [1.82, 2.24) is 14.5 Å². The number of pyridine rings is 1. The van der Waals surface area contributed by atoms with Gasteiger partial charge in [0.15, 0.2) is 0 Å². The van der Waals surface area contributed by atoms with Crippen LogP contribution < -0.4 is 0 Å². The van der Waals surface area contributed by atoms with E-state index in [1.807, 2.05) is 48.7 Å². The molecule has 0 fully saturated rings. The van der Waals surface area contributed by atoms with Crippen molar-refractivity contribution in [3.8, 4) is 101 Å². The third kappa shape index (κ3) is 8.60. The zero-order valence-corrected chi connectivity index (χ0v) is 40.7. The first-order valence-electron chi connectivity index (χ1n) is 24.9. The van der Waals surface area contributed by atoms with Crippen LogP contribution in [0.3, 0.4) is 0 Å². The first kappa shape index (κ1) is 44.8. The smallest absolute Gasteiger partial charge is 0.149 e. The predicted molar refractivity (Wildman–Crippen MR) is 303 cm³/mol. The van der Waals surface area contributed by atoms with E-state index in [4.69, 9.17) is 9.97 Å². The van der Waals surface area contributed by atoms with Crippen molar-refractivity contribution in [3.63, 3.8) is 0 Å². The van der Waals surface area contributed by atoms with E-state index < -0.39 is 0 Å². The van der Waals surface area contributed by atoms with Crippen molar-refractivity contribution >= 4 is 11.0 Å². The van der Waals surface area contributed by atoms with E-state index in [1.165, 1.54) is 11.1 Å². The molecule has 10 aromatic carbocycles. The minimum absolute atomic E-state index is 0.139. The molecule has 0 spiro atoms. The number of hydrogen-bond acceptors (Lipinski definition) is 3. The van der Waals surface area contributed by atoms with Crippen molar-refractivity contribution in [1.29, 1.82) is 0 Å². The zero-order chi connectivity index (χ0) is 49.3. The Hall–Kier alpha value is -9.38. The molecule has 0 atom stereocenters. The average molecular weight is 938 g/mol. The lowest BCUT2D eigenvalue weighted by Gasteiger charge is -2.26. The Bertz CT molecular complexity index is 3900. The lowest BCUT2D eigenvalue weighted by molar-refractivity contribution is 0.479. The molecule has 0 aliphatic heterocycles. The van der Waals surface area contributed by atoms with Gasteiger partial charge in [-0.3, -0.25) is 9.55 Å². The van der Waals surface area contributed by atoms with Crippen LogP contribution in [0.1, 0.15) is 25.0 Å². The molecule has 0 amide bonds. The van der Waals surface area contributed by atoms with Gasteiger partial charge in [0.25, 0.3) is 0 Å². The van der Waals surface area contributed by atoms with E-state index in [0.717, 1.165) is 94.7 Å². The van der Waals surface area contributed by atoms with Gasteiger partial charge < -0.3 is 5.11 Å². The molecule has 12 aromatic rings. The summed E-state index contributed by atoms with van der Waals surface area (Å²) in [6, 6.07) is 91.3. The van der Waals surface area contributed by atoms with Gasteiger partial charge >= 0.3 is 0 Å². The summed E-state index contributed by atoms with van der Waals surface area (Å²) >= 11 is 0. The molecule has 12 rings (SSSR count). The Kier molecular flexibility index (Phi) is 11.7. The van der Waals surface area contributed by atoms with Gasteiger partial charge in [-0.15, -0.1) is 0 Å². The van der Waals surface area contributed by atoms with Crippen molar-refractivity contribution < 1.29 is 5.11 Å². The monoisotopic (exact) mass is 937 g/mol. The van der Waals surface area contributed by atoms with Gasteiger partial charge in [-0.2, -0.15) is 0 Å². The number of hydrogen-bond donors (Lipinski definition) is 1. The van der Waals surface area contributed by atoms with Gasteiger partial charge in [0.1, 0.15) is 11.6 Å². The van der Waals surface area contributed by atoms with Gasteiger partial charge in [-0.1, -0.05) is 220 Å². The van der Waals surface area contributed by atoms with E-state index in [1.54, 1.807) is 0 Å². The number of phenols is 1. The number of benzene rings is 10. The average Bonchev–Trinajstić information content (AvgIpc) is 3.86. The van der Waals surface area contributed by atoms with Crippen LogP contribution in [0.2, 0.25) is 0 Å². The molecule has 0 bridgehead atoms. The van der Waals surface area contributed by atoms with Gasteiger partial charge in [0, 0.05) is 33.9 Å². The zero-order valence-electron chi connectivity index (χ0n) is 40.7. The molecule has 2 heterocycles. The summed E-state index contributed by atoms with van der Waals surface area (Å²) < 4.78 is 2.24. The minimum atomic E-state index is -0.139. The Morgan fingerprint density at radius 3 is 1.51 bits per heavy atom. The molecule has 2 aromatic heterocycles. The normalized spacial score (nSPS) is 11.5. The Labute approximate surface area is 426 Å². The Balaban J connectivity index is 1.06. The summed E-state index contributed by atoms with van der Waals surface area (Å²) in [5, 5.41) is 12.7. The van der Waals surface area contributed by atoms with Crippen LogP contribution in [0.5, 0.6) is 5.75 Å². The van der Waals surface area contributed by atoms with E-state index in [0.29, 0.717) is 11.4 Å². The molecule has 0 saturated carbocycles. The third-order valence-corrected chi connectivity index (χ3v) is 14.3. The number of nitrogens with zero attached hydrogens (tertiary/aromatic N) is 3. The molecule has 0 unspecified atom stereocenters. The number of imidazole rings is 1. The van der Waals surface area contributed by atoms with Crippen LogP contribution in [-0.2, 0) is 5.41 Å². The van der Waals surface area contributed by atoms with Crippen LogP contribution in [0.15, 0.2) is 267 Å². The van der Waals surface area contributed by atoms with E-state index in [9.17, 15) is 5.11 Å². The van der Waals surface area contributed by atoms with Gasteiger partial charge in [-0.25, -0.2) is 4.98 Å². The summed E-state index contributed by atoms with van der Waals surface area (Å²) in [6.45, 7) is 4.56. The number of rotatable bonds is 11. The van der Waals surface area contributed by atoms with Crippen molar-refractivity contribution in [2.75, 3.05) is 0 Å². The lowest BCUT2D eigenvalue weighted by atomic mass is 9.78. The van der Waals surface area contributed by atoms with Crippen molar-refractivity contribution in [3.05, 3.63) is 278 Å². The summed E-state index contributed by atoms with van der Waals surface area (Å²) in [4.78, 5) is 10.7. The molecule has 0 aliphatic rings. The highest BCUT2D eigenvalue weighted by molar-refractivity contribution is 5.99. The fourth-order valence-electron chi connectivity index (χ4n) is 10.3. The summed E-state index contributed by atoms with van der Waals surface area (Å²) in [5.41, 5.74) is 19.7. The van der Waals surface area contributed by atoms with Gasteiger partial charge in [-0.05, 0) is 116 Å². The summed E-state index contributed by atoms with van der Waals surface area (Å²) in [7, 11) is 0. The molecule has 0 radical (unpaired) electrons. The quantitative estimate of drug-likeness (QED) is 0.141.